The van der Waals surface area contributed by atoms with Gasteiger partial charge in [0.15, 0.2) is 5.69 Å². The minimum absolute atomic E-state index is 0.133. The summed E-state index contributed by atoms with van der Waals surface area (Å²) in [5, 5.41) is 4.88. The number of carbonyl (C=O) groups excluding carboxylic acids is 2. The average molecular weight is 210 g/mol. The van der Waals surface area contributed by atoms with E-state index in [2.05, 4.69) is 20.6 Å². The molecule has 2 amide bonds. The quantitative estimate of drug-likeness (QED) is 0.639. The number of amides is 2. The van der Waals surface area contributed by atoms with E-state index in [0.29, 0.717) is 12.2 Å². The van der Waals surface area contributed by atoms with Crippen molar-refractivity contribution in [2.45, 2.75) is 13.3 Å². The van der Waals surface area contributed by atoms with Crippen LogP contribution in [0.2, 0.25) is 0 Å². The zero-order valence-electron chi connectivity index (χ0n) is 8.97. The minimum atomic E-state index is -0.371. The number of H-pyrrole nitrogens is 1. The van der Waals surface area contributed by atoms with E-state index in [9.17, 15) is 9.59 Å². The maximum absolute atomic E-state index is 11.4. The first kappa shape index (κ1) is 11.2. The molecule has 0 radical (unpaired) electrons. The summed E-state index contributed by atoms with van der Waals surface area (Å²) in [6.45, 7) is 1.89. The van der Waals surface area contributed by atoms with Crippen LogP contribution in [0, 0.1) is 0 Å². The lowest BCUT2D eigenvalue weighted by molar-refractivity contribution is 0.0924. The number of imidazole rings is 1. The summed E-state index contributed by atoms with van der Waals surface area (Å²) in [6.07, 6.45) is 0.640. The average Bonchev–Trinajstić information content (AvgIpc) is 2.70. The molecule has 15 heavy (non-hydrogen) atoms. The van der Waals surface area contributed by atoms with Gasteiger partial charge in [-0.05, 0) is 0 Å². The Bertz CT molecular complexity index is 350. The molecule has 0 aromatic carbocycles. The van der Waals surface area contributed by atoms with Gasteiger partial charge in [0.1, 0.15) is 11.5 Å². The van der Waals surface area contributed by atoms with Crippen molar-refractivity contribution in [3.05, 3.63) is 17.2 Å². The maximum Gasteiger partial charge on any atom is 0.272 e. The van der Waals surface area contributed by atoms with Crippen molar-refractivity contribution in [3.63, 3.8) is 0 Å². The van der Waals surface area contributed by atoms with Gasteiger partial charge in [-0.3, -0.25) is 9.59 Å². The van der Waals surface area contributed by atoms with Crippen LogP contribution in [0.5, 0.6) is 0 Å². The number of aryl methyl sites for hydroxylation is 1. The number of nitrogens with zero attached hydrogens (tertiary/aromatic N) is 1. The highest BCUT2D eigenvalue weighted by Gasteiger charge is 2.20. The highest BCUT2D eigenvalue weighted by atomic mass is 16.2. The lowest BCUT2D eigenvalue weighted by Gasteiger charge is -1.99. The molecule has 6 nitrogen and oxygen atoms in total. The van der Waals surface area contributed by atoms with E-state index in [-0.39, 0.29) is 23.2 Å². The van der Waals surface area contributed by atoms with Crippen LogP contribution in [-0.2, 0) is 6.42 Å². The molecular formula is C9H14N4O2. The standard InChI is InChI=1S/C9H14N4O2/c1-4-5-12-6(8(14)10-2)7(13-5)9(15)11-3/h4H2,1-3H3,(H,10,14)(H,11,15)(H,12,13). The topological polar surface area (TPSA) is 86.9 Å². The van der Waals surface area contributed by atoms with Gasteiger partial charge < -0.3 is 15.6 Å². The number of hydrogen-bond donors (Lipinski definition) is 3. The molecule has 1 heterocycles. The first-order valence-electron chi connectivity index (χ1n) is 4.67. The van der Waals surface area contributed by atoms with Gasteiger partial charge in [0, 0.05) is 20.5 Å². The third-order valence-electron chi connectivity index (χ3n) is 1.98. The van der Waals surface area contributed by atoms with Gasteiger partial charge in [-0.15, -0.1) is 0 Å². The smallest absolute Gasteiger partial charge is 0.272 e. The van der Waals surface area contributed by atoms with Crippen LogP contribution in [0.15, 0.2) is 0 Å². The van der Waals surface area contributed by atoms with Crippen molar-refractivity contribution in [1.29, 1.82) is 0 Å². The zero-order chi connectivity index (χ0) is 11.4. The van der Waals surface area contributed by atoms with Crippen LogP contribution in [0.25, 0.3) is 0 Å². The van der Waals surface area contributed by atoms with Crippen LogP contribution in [0.1, 0.15) is 33.7 Å². The summed E-state index contributed by atoms with van der Waals surface area (Å²) in [5.41, 5.74) is 0.336. The molecule has 0 unspecified atom stereocenters. The Labute approximate surface area is 87.5 Å². The number of aromatic amines is 1. The Morgan fingerprint density at radius 3 is 2.33 bits per heavy atom. The van der Waals surface area contributed by atoms with Gasteiger partial charge >= 0.3 is 0 Å². The summed E-state index contributed by atoms with van der Waals surface area (Å²) < 4.78 is 0. The molecule has 0 fully saturated rings. The maximum atomic E-state index is 11.4. The van der Waals surface area contributed by atoms with Crippen LogP contribution >= 0.6 is 0 Å². The fraction of sp³-hybridized carbons (Fsp3) is 0.444. The molecule has 0 saturated heterocycles. The van der Waals surface area contributed by atoms with Crippen LogP contribution in [-0.4, -0.2) is 35.9 Å². The Morgan fingerprint density at radius 1 is 1.27 bits per heavy atom. The Hall–Kier alpha value is -1.85. The first-order chi connectivity index (χ1) is 7.13. The lowest BCUT2D eigenvalue weighted by atomic mass is 10.3. The second-order valence-corrected chi connectivity index (χ2v) is 2.92. The molecule has 3 N–H and O–H groups in total. The van der Waals surface area contributed by atoms with Crippen molar-refractivity contribution >= 4 is 11.8 Å². The van der Waals surface area contributed by atoms with E-state index < -0.39 is 0 Å². The van der Waals surface area contributed by atoms with Crippen LogP contribution in [0.4, 0.5) is 0 Å². The Kier molecular flexibility index (Phi) is 3.43. The first-order valence-corrected chi connectivity index (χ1v) is 4.67. The van der Waals surface area contributed by atoms with Crippen molar-refractivity contribution < 1.29 is 9.59 Å². The molecule has 1 aromatic rings. The highest BCUT2D eigenvalue weighted by Crippen LogP contribution is 2.06. The molecule has 1 rings (SSSR count). The molecule has 0 atom stereocenters. The van der Waals surface area contributed by atoms with E-state index >= 15 is 0 Å². The van der Waals surface area contributed by atoms with Crippen molar-refractivity contribution in [1.82, 2.24) is 20.6 Å². The van der Waals surface area contributed by atoms with E-state index in [4.69, 9.17) is 0 Å². The Balaban J connectivity index is 3.17. The third kappa shape index (κ3) is 2.15. The van der Waals surface area contributed by atoms with Gasteiger partial charge in [-0.1, -0.05) is 6.92 Å². The summed E-state index contributed by atoms with van der Waals surface area (Å²) in [4.78, 5) is 29.7. The monoisotopic (exact) mass is 210 g/mol. The molecular weight excluding hydrogens is 196 g/mol. The number of carbonyl (C=O) groups is 2. The molecule has 82 valence electrons. The Morgan fingerprint density at radius 2 is 1.87 bits per heavy atom. The second kappa shape index (κ2) is 4.59. The molecule has 0 aliphatic carbocycles. The molecule has 0 saturated carbocycles. The summed E-state index contributed by atoms with van der Waals surface area (Å²) in [5.74, 6) is -0.0995. The van der Waals surface area contributed by atoms with Crippen molar-refractivity contribution in [2.24, 2.45) is 0 Å². The molecule has 0 spiro atoms. The number of rotatable bonds is 3. The normalized spacial score (nSPS) is 9.80. The van der Waals surface area contributed by atoms with Crippen molar-refractivity contribution in [2.75, 3.05) is 14.1 Å². The molecule has 0 aliphatic rings. The highest BCUT2D eigenvalue weighted by molar-refractivity contribution is 6.04. The zero-order valence-corrected chi connectivity index (χ0v) is 8.97. The predicted octanol–water partition coefficient (Wildman–Crippen LogP) is -0.309. The van der Waals surface area contributed by atoms with E-state index in [1.165, 1.54) is 14.1 Å². The summed E-state index contributed by atoms with van der Waals surface area (Å²) >= 11 is 0. The van der Waals surface area contributed by atoms with Gasteiger partial charge in [0.25, 0.3) is 11.8 Å². The fourth-order valence-corrected chi connectivity index (χ4v) is 1.16. The molecule has 0 aliphatic heterocycles. The molecule has 0 bridgehead atoms. The summed E-state index contributed by atoms with van der Waals surface area (Å²) in [6, 6.07) is 0. The molecule has 1 aromatic heterocycles. The predicted molar refractivity (Wildman–Crippen MR) is 54.7 cm³/mol. The van der Waals surface area contributed by atoms with E-state index in [1.807, 2.05) is 6.92 Å². The van der Waals surface area contributed by atoms with Crippen molar-refractivity contribution in [3.8, 4) is 0 Å². The van der Waals surface area contributed by atoms with Gasteiger partial charge in [-0.2, -0.15) is 0 Å². The van der Waals surface area contributed by atoms with Gasteiger partial charge in [0.05, 0.1) is 0 Å². The number of hydrogen-bond acceptors (Lipinski definition) is 3. The number of nitrogens with one attached hydrogen (secondary N) is 3. The second-order valence-electron chi connectivity index (χ2n) is 2.92. The summed E-state index contributed by atoms with van der Waals surface area (Å²) in [7, 11) is 3.00. The van der Waals surface area contributed by atoms with Crippen LogP contribution < -0.4 is 10.6 Å². The van der Waals surface area contributed by atoms with E-state index in [1.54, 1.807) is 0 Å². The fourth-order valence-electron chi connectivity index (χ4n) is 1.16. The van der Waals surface area contributed by atoms with E-state index in [0.717, 1.165) is 0 Å². The molecule has 6 heteroatoms. The largest absolute Gasteiger partial charge is 0.354 e. The van der Waals surface area contributed by atoms with Crippen LogP contribution in [0.3, 0.4) is 0 Å². The minimum Gasteiger partial charge on any atom is -0.354 e. The lowest BCUT2D eigenvalue weighted by Crippen LogP contribution is -2.25. The SMILES string of the molecule is CCc1nc(C(=O)NC)c(C(=O)NC)[nH]1. The van der Waals surface area contributed by atoms with Gasteiger partial charge in [0.2, 0.25) is 0 Å². The number of aromatic nitrogens is 2. The van der Waals surface area contributed by atoms with Gasteiger partial charge in [-0.25, -0.2) is 4.98 Å². The third-order valence-corrected chi connectivity index (χ3v) is 1.98.